The molecule has 0 saturated carbocycles. The van der Waals surface area contributed by atoms with E-state index in [4.69, 9.17) is 23.2 Å². The first-order valence-electron chi connectivity index (χ1n) is 11.7. The predicted octanol–water partition coefficient (Wildman–Crippen LogP) is 4.00. The van der Waals surface area contributed by atoms with E-state index in [1.807, 2.05) is 0 Å². The summed E-state index contributed by atoms with van der Waals surface area (Å²) in [6, 6.07) is 13.5. The monoisotopic (exact) mass is 573 g/mol. The van der Waals surface area contributed by atoms with E-state index in [9.17, 15) is 18.6 Å². The van der Waals surface area contributed by atoms with Crippen molar-refractivity contribution in [2.45, 2.75) is 17.7 Å². The number of hydrogen-bond donors (Lipinski definition) is 4. The SMILES string of the molecule is C=S(=O)(NC(=O)C1CCNCC1)c1ccc(C(=O)Nc2ccc(Cl)cc2C(=O)Nc2ccc(Cl)cn2)cc1. The third-order valence-corrected chi connectivity index (χ3v) is 7.94. The second-order valence-corrected chi connectivity index (χ2v) is 11.5. The molecule has 9 nitrogen and oxygen atoms in total. The molecule has 1 unspecified atom stereocenters. The average molecular weight is 574 g/mol. The molecule has 3 amide bonds. The normalized spacial score (nSPS) is 15.2. The molecule has 0 bridgehead atoms. The first kappa shape index (κ1) is 27.6. The molecule has 1 fully saturated rings. The van der Waals surface area contributed by atoms with Gasteiger partial charge in [-0.2, -0.15) is 0 Å². The lowest BCUT2D eigenvalue weighted by atomic mass is 9.98. The van der Waals surface area contributed by atoms with E-state index >= 15 is 0 Å². The van der Waals surface area contributed by atoms with Gasteiger partial charge in [-0.05, 0) is 86.4 Å². The number of anilines is 2. The highest BCUT2D eigenvalue weighted by atomic mass is 35.5. The van der Waals surface area contributed by atoms with Gasteiger partial charge >= 0.3 is 0 Å². The van der Waals surface area contributed by atoms with Crippen molar-refractivity contribution < 1.29 is 18.6 Å². The minimum atomic E-state index is -3.10. The summed E-state index contributed by atoms with van der Waals surface area (Å²) < 4.78 is 15.7. The molecule has 1 aliphatic rings. The molecule has 38 heavy (non-hydrogen) atoms. The van der Waals surface area contributed by atoms with Gasteiger partial charge in [0.15, 0.2) is 0 Å². The molecular formula is C26H25Cl2N5O4S. The van der Waals surface area contributed by atoms with Gasteiger partial charge in [-0.3, -0.25) is 19.1 Å². The molecule has 0 radical (unpaired) electrons. The van der Waals surface area contributed by atoms with Crippen molar-refractivity contribution in [3.8, 4) is 0 Å². The van der Waals surface area contributed by atoms with E-state index in [2.05, 4.69) is 31.5 Å². The summed E-state index contributed by atoms with van der Waals surface area (Å²) in [6.45, 7) is 1.46. The number of halogens is 2. The summed E-state index contributed by atoms with van der Waals surface area (Å²) in [7, 11) is -3.10. The van der Waals surface area contributed by atoms with E-state index in [-0.39, 0.29) is 34.5 Å². The fourth-order valence-corrected chi connectivity index (χ4v) is 5.33. The van der Waals surface area contributed by atoms with E-state index in [1.165, 1.54) is 42.6 Å². The van der Waals surface area contributed by atoms with E-state index < -0.39 is 21.5 Å². The Bertz CT molecular complexity index is 1460. The number of pyridine rings is 1. The van der Waals surface area contributed by atoms with Crippen molar-refractivity contribution in [3.63, 3.8) is 0 Å². The molecule has 1 saturated heterocycles. The molecule has 0 spiro atoms. The number of aromatic nitrogens is 1. The van der Waals surface area contributed by atoms with Crippen LogP contribution >= 0.6 is 23.2 Å². The van der Waals surface area contributed by atoms with Crippen LogP contribution in [0.25, 0.3) is 0 Å². The Balaban J connectivity index is 1.46. The summed E-state index contributed by atoms with van der Waals surface area (Å²) in [5.41, 5.74) is 0.597. The zero-order chi connectivity index (χ0) is 27.3. The Morgan fingerprint density at radius 3 is 2.26 bits per heavy atom. The standard InChI is InChI=1S/C26H25Cl2N5O4S/c1-38(37,33-25(35)17-10-12-29-13-11-17)20-6-2-16(3-7-20)24(34)31-22-8-4-18(27)14-21(22)26(36)32-23-9-5-19(28)15-30-23/h2-9,14-15,17,29H,1,10-13H2,(H,31,34)(H,30,32,36)(H,33,35,37). The largest absolute Gasteiger partial charge is 0.321 e. The molecule has 2 heterocycles. The predicted molar refractivity (Wildman–Crippen MR) is 150 cm³/mol. The van der Waals surface area contributed by atoms with E-state index in [0.29, 0.717) is 27.8 Å². The van der Waals surface area contributed by atoms with Gasteiger partial charge in [0, 0.05) is 27.6 Å². The van der Waals surface area contributed by atoms with Crippen molar-refractivity contribution in [1.82, 2.24) is 15.0 Å². The van der Waals surface area contributed by atoms with Gasteiger partial charge in [-0.1, -0.05) is 23.2 Å². The molecule has 0 aliphatic carbocycles. The second kappa shape index (κ2) is 12.0. The highest BCUT2D eigenvalue weighted by molar-refractivity contribution is 7.99. The third kappa shape index (κ3) is 6.90. The van der Waals surface area contributed by atoms with Crippen LogP contribution in [0.15, 0.2) is 65.7 Å². The van der Waals surface area contributed by atoms with Crippen LogP contribution in [-0.4, -0.2) is 45.9 Å². The molecule has 12 heteroatoms. The van der Waals surface area contributed by atoms with Crippen molar-refractivity contribution >= 4 is 68.0 Å². The number of carbonyl (C=O) groups excluding carboxylic acids is 3. The lowest BCUT2D eigenvalue weighted by Crippen LogP contribution is -2.40. The minimum Gasteiger partial charge on any atom is -0.321 e. The van der Waals surface area contributed by atoms with Crippen LogP contribution < -0.4 is 20.7 Å². The maximum Gasteiger partial charge on any atom is 0.258 e. The molecule has 4 N–H and O–H groups in total. The summed E-state index contributed by atoms with van der Waals surface area (Å²) in [5.74, 6) is 2.43. The van der Waals surface area contributed by atoms with Crippen molar-refractivity contribution in [2.75, 3.05) is 23.7 Å². The van der Waals surface area contributed by atoms with Gasteiger partial charge in [0.25, 0.3) is 11.8 Å². The van der Waals surface area contributed by atoms with Gasteiger partial charge in [-0.25, -0.2) is 9.19 Å². The number of nitrogens with zero attached hydrogens (tertiary/aromatic N) is 1. The van der Waals surface area contributed by atoms with Crippen LogP contribution in [0.5, 0.6) is 0 Å². The molecular weight excluding hydrogens is 549 g/mol. The minimum absolute atomic E-state index is 0.126. The fourth-order valence-electron chi connectivity index (χ4n) is 3.86. The summed E-state index contributed by atoms with van der Waals surface area (Å²) in [6.07, 6.45) is 2.73. The molecule has 1 aromatic heterocycles. The zero-order valence-electron chi connectivity index (χ0n) is 20.1. The van der Waals surface area contributed by atoms with Crippen LogP contribution in [0.3, 0.4) is 0 Å². The number of piperidine rings is 1. The van der Waals surface area contributed by atoms with Gasteiger partial charge in [0.2, 0.25) is 5.91 Å². The van der Waals surface area contributed by atoms with Crippen LogP contribution in [0.4, 0.5) is 11.5 Å². The van der Waals surface area contributed by atoms with Crippen molar-refractivity contribution in [1.29, 1.82) is 0 Å². The number of nitrogens with one attached hydrogen (secondary N) is 4. The fraction of sp³-hybridized carbons (Fsp3) is 0.192. The van der Waals surface area contributed by atoms with Gasteiger partial charge in [-0.15, -0.1) is 0 Å². The second-order valence-electron chi connectivity index (χ2n) is 8.65. The van der Waals surface area contributed by atoms with Gasteiger partial charge < -0.3 is 16.0 Å². The summed E-state index contributed by atoms with van der Waals surface area (Å²) >= 11 is 11.9. The molecule has 2 aromatic carbocycles. The topological polar surface area (TPSA) is 129 Å². The first-order chi connectivity index (χ1) is 18.1. The number of rotatable bonds is 7. The van der Waals surface area contributed by atoms with Gasteiger partial charge in [0.05, 0.1) is 26.0 Å². The van der Waals surface area contributed by atoms with Crippen molar-refractivity contribution in [2.24, 2.45) is 5.92 Å². The van der Waals surface area contributed by atoms with Gasteiger partial charge in [0.1, 0.15) is 5.82 Å². The highest BCUT2D eigenvalue weighted by Gasteiger charge is 2.24. The molecule has 198 valence electrons. The van der Waals surface area contributed by atoms with Crippen LogP contribution in [0.2, 0.25) is 10.0 Å². The average Bonchev–Trinajstić information content (AvgIpc) is 2.91. The summed E-state index contributed by atoms with van der Waals surface area (Å²) in [4.78, 5) is 42.7. The summed E-state index contributed by atoms with van der Waals surface area (Å²) in [5, 5.41) is 9.24. The third-order valence-electron chi connectivity index (χ3n) is 5.92. The number of benzene rings is 2. The quantitative estimate of drug-likeness (QED) is 0.316. The number of amides is 3. The number of carbonyl (C=O) groups is 3. The Morgan fingerprint density at radius 2 is 1.61 bits per heavy atom. The van der Waals surface area contributed by atoms with Crippen LogP contribution in [-0.2, 0) is 14.5 Å². The van der Waals surface area contributed by atoms with Crippen molar-refractivity contribution in [3.05, 3.63) is 82.0 Å². The number of hydrogen-bond acceptors (Lipinski definition) is 6. The zero-order valence-corrected chi connectivity index (χ0v) is 22.5. The Morgan fingerprint density at radius 1 is 0.921 bits per heavy atom. The van der Waals surface area contributed by atoms with E-state index in [0.717, 1.165) is 13.1 Å². The lowest BCUT2D eigenvalue weighted by Gasteiger charge is -2.23. The first-order valence-corrected chi connectivity index (χ1v) is 14.1. The molecule has 1 aliphatic heterocycles. The smallest absolute Gasteiger partial charge is 0.258 e. The molecule has 4 rings (SSSR count). The Labute approximate surface area is 230 Å². The Hall–Kier alpha value is -3.44. The van der Waals surface area contributed by atoms with E-state index in [1.54, 1.807) is 18.2 Å². The van der Waals surface area contributed by atoms with Crippen LogP contribution in [0.1, 0.15) is 33.6 Å². The Kier molecular flexibility index (Phi) is 8.68. The molecule has 1 atom stereocenters. The van der Waals surface area contributed by atoms with Crippen LogP contribution in [0, 0.1) is 5.92 Å². The lowest BCUT2D eigenvalue weighted by molar-refractivity contribution is -0.123. The molecule has 3 aromatic rings. The maximum absolute atomic E-state index is 13.1. The maximum atomic E-state index is 13.1. The highest BCUT2D eigenvalue weighted by Crippen LogP contribution is 2.23.